The van der Waals surface area contributed by atoms with Crippen molar-refractivity contribution < 1.29 is 9.90 Å². The van der Waals surface area contributed by atoms with E-state index in [0.717, 1.165) is 5.56 Å². The molecule has 3 N–H and O–H groups in total. The number of aliphatic hydroxyl groups excluding tert-OH is 1. The smallest absolute Gasteiger partial charge is 0.319 e. The molecule has 82 valence electrons. The second-order valence-corrected chi connectivity index (χ2v) is 3.42. The lowest BCUT2D eigenvalue weighted by Crippen LogP contribution is -2.31. The van der Waals surface area contributed by atoms with Crippen molar-refractivity contribution >= 4 is 23.3 Å². The monoisotopic (exact) mass is 228 g/mol. The summed E-state index contributed by atoms with van der Waals surface area (Å²) in [6.45, 7) is 1.99. The molecule has 4 nitrogen and oxygen atoms in total. The van der Waals surface area contributed by atoms with Gasteiger partial charge in [0.05, 0.1) is 17.3 Å². The van der Waals surface area contributed by atoms with Crippen LogP contribution in [0.25, 0.3) is 0 Å². The van der Waals surface area contributed by atoms with Crippen molar-refractivity contribution in [3.8, 4) is 0 Å². The second kappa shape index (κ2) is 5.58. The molecule has 0 saturated carbocycles. The molecule has 0 bridgehead atoms. The summed E-state index contributed by atoms with van der Waals surface area (Å²) in [4.78, 5) is 11.2. The Labute approximate surface area is 93.2 Å². The SMILES string of the molecule is Cc1cccc(NC(=O)NCCO)c1Cl. The van der Waals surface area contributed by atoms with Crippen LogP contribution in [0.15, 0.2) is 18.2 Å². The summed E-state index contributed by atoms with van der Waals surface area (Å²) in [5.41, 5.74) is 1.46. The lowest BCUT2D eigenvalue weighted by atomic mass is 10.2. The maximum Gasteiger partial charge on any atom is 0.319 e. The topological polar surface area (TPSA) is 61.4 Å². The number of benzene rings is 1. The summed E-state index contributed by atoms with van der Waals surface area (Å²) in [7, 11) is 0. The Kier molecular flexibility index (Phi) is 4.39. The van der Waals surface area contributed by atoms with Gasteiger partial charge in [-0.1, -0.05) is 23.7 Å². The highest BCUT2D eigenvalue weighted by molar-refractivity contribution is 6.34. The predicted molar refractivity (Wildman–Crippen MR) is 60.3 cm³/mol. The molecule has 0 atom stereocenters. The average Bonchev–Trinajstić information content (AvgIpc) is 2.22. The van der Waals surface area contributed by atoms with E-state index in [9.17, 15) is 4.79 Å². The van der Waals surface area contributed by atoms with Gasteiger partial charge >= 0.3 is 6.03 Å². The van der Waals surface area contributed by atoms with E-state index in [1.54, 1.807) is 6.07 Å². The number of aliphatic hydroxyl groups is 1. The van der Waals surface area contributed by atoms with E-state index >= 15 is 0 Å². The molecule has 1 rings (SSSR count). The molecule has 0 fully saturated rings. The van der Waals surface area contributed by atoms with Crippen LogP contribution in [0, 0.1) is 6.92 Å². The van der Waals surface area contributed by atoms with Gasteiger partial charge in [-0.25, -0.2) is 4.79 Å². The minimum absolute atomic E-state index is 0.0883. The Hall–Kier alpha value is -1.26. The van der Waals surface area contributed by atoms with Gasteiger partial charge in [-0.15, -0.1) is 0 Å². The van der Waals surface area contributed by atoms with Crippen molar-refractivity contribution in [2.75, 3.05) is 18.5 Å². The Morgan fingerprint density at radius 1 is 1.53 bits per heavy atom. The van der Waals surface area contributed by atoms with Gasteiger partial charge in [0, 0.05) is 6.54 Å². The third kappa shape index (κ3) is 3.42. The normalized spacial score (nSPS) is 9.80. The fourth-order valence-electron chi connectivity index (χ4n) is 1.08. The molecule has 0 heterocycles. The molecule has 15 heavy (non-hydrogen) atoms. The lowest BCUT2D eigenvalue weighted by molar-refractivity contribution is 0.245. The van der Waals surface area contributed by atoms with Gasteiger partial charge in [0.15, 0.2) is 0 Å². The standard InChI is InChI=1S/C10H13ClN2O2/c1-7-3-2-4-8(9(7)11)13-10(15)12-5-6-14/h2-4,14H,5-6H2,1H3,(H2,12,13,15). The molecule has 5 heteroatoms. The number of nitrogens with one attached hydrogen (secondary N) is 2. The van der Waals surface area contributed by atoms with Gasteiger partial charge in [-0.05, 0) is 18.6 Å². The van der Waals surface area contributed by atoms with E-state index in [-0.39, 0.29) is 19.2 Å². The zero-order valence-corrected chi connectivity index (χ0v) is 9.14. The Balaban J connectivity index is 2.64. The molecule has 0 unspecified atom stereocenters. The molecule has 1 aromatic rings. The van der Waals surface area contributed by atoms with Crippen molar-refractivity contribution in [1.82, 2.24) is 5.32 Å². The summed E-state index contributed by atoms with van der Waals surface area (Å²) >= 11 is 5.98. The fraction of sp³-hybridized carbons (Fsp3) is 0.300. The first-order valence-corrected chi connectivity index (χ1v) is 4.93. The highest BCUT2D eigenvalue weighted by Crippen LogP contribution is 2.24. The van der Waals surface area contributed by atoms with E-state index in [4.69, 9.17) is 16.7 Å². The van der Waals surface area contributed by atoms with E-state index in [0.29, 0.717) is 10.7 Å². The highest BCUT2D eigenvalue weighted by atomic mass is 35.5. The average molecular weight is 229 g/mol. The number of carbonyl (C=O) groups is 1. The summed E-state index contributed by atoms with van der Waals surface area (Å²) in [5, 5.41) is 14.1. The zero-order valence-electron chi connectivity index (χ0n) is 8.38. The fourth-order valence-corrected chi connectivity index (χ4v) is 1.25. The molecule has 0 saturated heterocycles. The number of halogens is 1. The number of anilines is 1. The first kappa shape index (κ1) is 11.8. The minimum Gasteiger partial charge on any atom is -0.395 e. The van der Waals surface area contributed by atoms with Crippen LogP contribution in [0.3, 0.4) is 0 Å². The van der Waals surface area contributed by atoms with Crippen LogP contribution in [0.2, 0.25) is 5.02 Å². The first-order chi connectivity index (χ1) is 7.15. The number of hydrogen-bond donors (Lipinski definition) is 3. The summed E-state index contributed by atoms with van der Waals surface area (Å²) in [5.74, 6) is 0. The Morgan fingerprint density at radius 2 is 2.27 bits per heavy atom. The molecule has 0 radical (unpaired) electrons. The Bertz CT molecular complexity index is 355. The van der Waals surface area contributed by atoms with Crippen molar-refractivity contribution in [3.05, 3.63) is 28.8 Å². The number of aryl methyl sites for hydroxylation is 1. The molecule has 0 aliphatic heterocycles. The zero-order chi connectivity index (χ0) is 11.3. The molecule has 0 aliphatic carbocycles. The van der Waals surface area contributed by atoms with Gasteiger partial charge in [0.1, 0.15) is 0 Å². The maximum absolute atomic E-state index is 11.2. The second-order valence-electron chi connectivity index (χ2n) is 3.04. The first-order valence-electron chi connectivity index (χ1n) is 4.56. The number of carbonyl (C=O) groups excluding carboxylic acids is 1. The van der Waals surface area contributed by atoms with Gasteiger partial charge in [-0.3, -0.25) is 0 Å². The van der Waals surface area contributed by atoms with Crippen LogP contribution in [0.4, 0.5) is 10.5 Å². The number of hydrogen-bond acceptors (Lipinski definition) is 2. The van der Waals surface area contributed by atoms with Crippen LogP contribution >= 0.6 is 11.6 Å². The molecular weight excluding hydrogens is 216 g/mol. The van der Waals surface area contributed by atoms with E-state index in [2.05, 4.69) is 10.6 Å². The largest absolute Gasteiger partial charge is 0.395 e. The summed E-state index contributed by atoms with van der Waals surface area (Å²) in [6.07, 6.45) is 0. The summed E-state index contributed by atoms with van der Waals surface area (Å²) in [6, 6.07) is 5.01. The number of urea groups is 1. The van der Waals surface area contributed by atoms with E-state index in [1.165, 1.54) is 0 Å². The maximum atomic E-state index is 11.2. The van der Waals surface area contributed by atoms with Gasteiger partial charge in [-0.2, -0.15) is 0 Å². The van der Waals surface area contributed by atoms with E-state index < -0.39 is 0 Å². The number of amides is 2. The molecule has 0 aromatic heterocycles. The summed E-state index contributed by atoms with van der Waals surface area (Å²) < 4.78 is 0. The van der Waals surface area contributed by atoms with Crippen LogP contribution in [-0.2, 0) is 0 Å². The molecule has 2 amide bonds. The van der Waals surface area contributed by atoms with Crippen molar-refractivity contribution in [2.24, 2.45) is 0 Å². The highest BCUT2D eigenvalue weighted by Gasteiger charge is 2.05. The molecule has 0 aliphatic rings. The van der Waals surface area contributed by atoms with Gasteiger partial charge < -0.3 is 15.7 Å². The third-order valence-corrected chi connectivity index (χ3v) is 2.34. The predicted octanol–water partition coefficient (Wildman–Crippen LogP) is 1.76. The molecular formula is C10H13ClN2O2. The van der Waals surface area contributed by atoms with Crippen LogP contribution in [0.5, 0.6) is 0 Å². The van der Waals surface area contributed by atoms with Gasteiger partial charge in [0.25, 0.3) is 0 Å². The molecule has 1 aromatic carbocycles. The van der Waals surface area contributed by atoms with Crippen LogP contribution in [-0.4, -0.2) is 24.3 Å². The van der Waals surface area contributed by atoms with E-state index in [1.807, 2.05) is 19.1 Å². The van der Waals surface area contributed by atoms with Crippen molar-refractivity contribution in [2.45, 2.75) is 6.92 Å². The van der Waals surface area contributed by atoms with Crippen LogP contribution in [0.1, 0.15) is 5.56 Å². The lowest BCUT2D eigenvalue weighted by Gasteiger charge is -2.09. The third-order valence-electron chi connectivity index (χ3n) is 1.84. The Morgan fingerprint density at radius 3 is 2.93 bits per heavy atom. The quantitative estimate of drug-likeness (QED) is 0.738. The van der Waals surface area contributed by atoms with Gasteiger partial charge in [0.2, 0.25) is 0 Å². The number of rotatable bonds is 3. The molecule has 0 spiro atoms. The van der Waals surface area contributed by atoms with Crippen molar-refractivity contribution in [3.63, 3.8) is 0 Å². The van der Waals surface area contributed by atoms with Crippen LogP contribution < -0.4 is 10.6 Å². The minimum atomic E-state index is -0.378. The van der Waals surface area contributed by atoms with Crippen molar-refractivity contribution in [1.29, 1.82) is 0 Å².